The van der Waals surface area contributed by atoms with Crippen molar-refractivity contribution in [1.82, 2.24) is 4.57 Å². The van der Waals surface area contributed by atoms with Crippen molar-refractivity contribution in [3.63, 3.8) is 0 Å². The van der Waals surface area contributed by atoms with Crippen LogP contribution >= 0.6 is 0 Å². The van der Waals surface area contributed by atoms with Crippen molar-refractivity contribution in [1.29, 1.82) is 0 Å². The van der Waals surface area contributed by atoms with E-state index in [1.807, 2.05) is 0 Å². The number of aryl methyl sites for hydroxylation is 2. The van der Waals surface area contributed by atoms with Crippen molar-refractivity contribution in [3.05, 3.63) is 57.3 Å². The van der Waals surface area contributed by atoms with Gasteiger partial charge in [0.2, 0.25) is 0 Å². The van der Waals surface area contributed by atoms with E-state index in [-0.39, 0.29) is 11.3 Å². The molecular weight excluding hydrogens is 286 g/mol. The molecule has 2 rings (SSSR count). The molecule has 0 radical (unpaired) electrons. The van der Waals surface area contributed by atoms with Gasteiger partial charge in [0.1, 0.15) is 5.82 Å². The summed E-state index contributed by atoms with van der Waals surface area (Å²) in [6, 6.07) is 4.63. The first-order valence-corrected chi connectivity index (χ1v) is 6.17. The van der Waals surface area contributed by atoms with Gasteiger partial charge in [0, 0.05) is 18.3 Å². The third-order valence-corrected chi connectivity index (χ3v) is 3.37. The van der Waals surface area contributed by atoms with Crippen LogP contribution in [-0.2, 0) is 13.2 Å². The van der Waals surface area contributed by atoms with E-state index in [0.717, 1.165) is 16.7 Å². The average Bonchev–Trinajstić information content (AvgIpc) is 2.36. The third kappa shape index (κ3) is 2.70. The topological polar surface area (TPSA) is 22.0 Å². The molecule has 1 aromatic heterocycles. The first-order valence-electron chi connectivity index (χ1n) is 6.17. The van der Waals surface area contributed by atoms with Gasteiger partial charge in [-0.1, -0.05) is 12.1 Å². The molecule has 1 aromatic carbocycles. The Morgan fingerprint density at radius 3 is 2.24 bits per heavy atom. The number of hydrogen-bond donors (Lipinski definition) is 0. The summed E-state index contributed by atoms with van der Waals surface area (Å²) in [7, 11) is 1.35. The zero-order chi connectivity index (χ0) is 15.9. The van der Waals surface area contributed by atoms with E-state index in [9.17, 15) is 22.4 Å². The molecule has 0 amide bonds. The number of rotatable bonds is 1. The zero-order valence-corrected chi connectivity index (χ0v) is 11.7. The molecule has 1 heterocycles. The van der Waals surface area contributed by atoms with Gasteiger partial charge in [-0.25, -0.2) is 4.39 Å². The third-order valence-electron chi connectivity index (χ3n) is 3.37. The lowest BCUT2D eigenvalue weighted by molar-refractivity contribution is -0.137. The molecule has 0 atom stereocenters. The lowest BCUT2D eigenvalue weighted by Gasteiger charge is -2.16. The molecule has 0 bridgehead atoms. The molecule has 6 heteroatoms. The number of nitrogens with zero attached hydrogens (tertiary/aromatic N) is 1. The van der Waals surface area contributed by atoms with Gasteiger partial charge in [0.25, 0.3) is 5.56 Å². The van der Waals surface area contributed by atoms with Crippen LogP contribution in [-0.4, -0.2) is 4.57 Å². The van der Waals surface area contributed by atoms with Crippen LogP contribution in [0.3, 0.4) is 0 Å². The molecule has 112 valence electrons. The van der Waals surface area contributed by atoms with Gasteiger partial charge in [0.15, 0.2) is 0 Å². The zero-order valence-electron chi connectivity index (χ0n) is 11.7. The Labute approximate surface area is 118 Å². The van der Waals surface area contributed by atoms with Gasteiger partial charge in [0.05, 0.1) is 11.1 Å². The molecule has 0 aliphatic rings. The summed E-state index contributed by atoms with van der Waals surface area (Å²) in [5.41, 5.74) is -2.27. The van der Waals surface area contributed by atoms with E-state index >= 15 is 0 Å². The van der Waals surface area contributed by atoms with Gasteiger partial charge in [-0.05, 0) is 31.5 Å². The average molecular weight is 299 g/mol. The lowest BCUT2D eigenvalue weighted by Crippen LogP contribution is -2.25. The molecule has 0 fully saturated rings. The van der Waals surface area contributed by atoms with Crippen LogP contribution in [0.1, 0.15) is 16.8 Å². The van der Waals surface area contributed by atoms with Crippen molar-refractivity contribution in [3.8, 4) is 11.1 Å². The van der Waals surface area contributed by atoms with E-state index in [1.54, 1.807) is 6.92 Å². The first kappa shape index (κ1) is 15.3. The summed E-state index contributed by atoms with van der Waals surface area (Å²) < 4.78 is 54.6. The van der Waals surface area contributed by atoms with Crippen LogP contribution < -0.4 is 5.56 Å². The Kier molecular flexibility index (Phi) is 3.65. The van der Waals surface area contributed by atoms with Crippen LogP contribution in [0, 0.1) is 19.7 Å². The minimum absolute atomic E-state index is 0.156. The van der Waals surface area contributed by atoms with Gasteiger partial charge in [-0.15, -0.1) is 0 Å². The minimum atomic E-state index is -4.73. The Morgan fingerprint density at radius 1 is 1.10 bits per heavy atom. The van der Waals surface area contributed by atoms with Crippen molar-refractivity contribution < 1.29 is 17.6 Å². The molecule has 0 saturated carbocycles. The molecule has 2 aromatic rings. The van der Waals surface area contributed by atoms with Crippen molar-refractivity contribution in [2.45, 2.75) is 20.0 Å². The summed E-state index contributed by atoms with van der Waals surface area (Å²) in [5.74, 6) is -0.846. The summed E-state index contributed by atoms with van der Waals surface area (Å²) in [4.78, 5) is 12.2. The summed E-state index contributed by atoms with van der Waals surface area (Å²) in [5, 5.41) is 0. The summed E-state index contributed by atoms with van der Waals surface area (Å²) >= 11 is 0. The second kappa shape index (κ2) is 5.02. The van der Waals surface area contributed by atoms with Crippen molar-refractivity contribution in [2.75, 3.05) is 0 Å². The van der Waals surface area contributed by atoms with Gasteiger partial charge >= 0.3 is 6.18 Å². The van der Waals surface area contributed by atoms with Gasteiger partial charge in [-0.3, -0.25) is 4.79 Å². The Morgan fingerprint density at radius 2 is 1.71 bits per heavy atom. The summed E-state index contributed by atoms with van der Waals surface area (Å²) in [6.07, 6.45) is -4.73. The number of alkyl halides is 3. The predicted octanol–water partition coefficient (Wildman–Crippen LogP) is 3.83. The van der Waals surface area contributed by atoms with Gasteiger partial charge in [-0.2, -0.15) is 13.2 Å². The smallest absolute Gasteiger partial charge is 0.315 e. The number of aromatic nitrogens is 1. The fourth-order valence-corrected chi connectivity index (χ4v) is 2.13. The molecular formula is C15H13F4NO. The predicted molar refractivity (Wildman–Crippen MR) is 71.6 cm³/mol. The fraction of sp³-hybridized carbons (Fsp3) is 0.267. The Hall–Kier alpha value is -2.11. The number of halogens is 4. The molecule has 2 nitrogen and oxygen atoms in total. The maximum Gasteiger partial charge on any atom is 0.417 e. The second-order valence-corrected chi connectivity index (χ2v) is 4.92. The largest absolute Gasteiger partial charge is 0.417 e. The van der Waals surface area contributed by atoms with Crippen molar-refractivity contribution in [2.24, 2.45) is 7.05 Å². The molecule has 0 aliphatic carbocycles. The number of hydrogen-bond acceptors (Lipinski definition) is 1. The van der Waals surface area contributed by atoms with E-state index in [0.29, 0.717) is 5.56 Å². The molecule has 0 N–H and O–H groups in total. The summed E-state index contributed by atoms with van der Waals surface area (Å²) in [6.45, 7) is 3.01. The SMILES string of the molecule is Cc1ccc(-c2c(C(F)(F)F)cc(C)n(C)c2=O)c(F)c1. The van der Waals surface area contributed by atoms with E-state index in [4.69, 9.17) is 0 Å². The highest BCUT2D eigenvalue weighted by molar-refractivity contribution is 5.68. The second-order valence-electron chi connectivity index (χ2n) is 4.92. The van der Waals surface area contributed by atoms with Crippen LogP contribution in [0.5, 0.6) is 0 Å². The quantitative estimate of drug-likeness (QED) is 0.734. The normalized spacial score (nSPS) is 11.8. The maximum absolute atomic E-state index is 14.0. The Balaban J connectivity index is 2.90. The van der Waals surface area contributed by atoms with Crippen LogP contribution in [0.4, 0.5) is 17.6 Å². The van der Waals surface area contributed by atoms with Crippen molar-refractivity contribution >= 4 is 0 Å². The monoisotopic (exact) mass is 299 g/mol. The van der Waals surface area contributed by atoms with Gasteiger partial charge < -0.3 is 4.57 Å². The molecule has 0 spiro atoms. The highest BCUT2D eigenvalue weighted by atomic mass is 19.4. The van der Waals surface area contributed by atoms with Crippen LogP contribution in [0.25, 0.3) is 11.1 Å². The fourth-order valence-electron chi connectivity index (χ4n) is 2.13. The maximum atomic E-state index is 14.0. The van der Waals surface area contributed by atoms with Crippen LogP contribution in [0.2, 0.25) is 0 Å². The first-order chi connectivity index (χ1) is 9.62. The highest BCUT2D eigenvalue weighted by Crippen LogP contribution is 2.36. The van der Waals surface area contributed by atoms with E-state index < -0.39 is 28.7 Å². The standard InChI is InChI=1S/C15H13F4NO/c1-8-4-5-10(12(16)6-8)13-11(15(17,18)19)7-9(2)20(3)14(13)21/h4-7H,1-3H3. The lowest BCUT2D eigenvalue weighted by atomic mass is 9.98. The number of benzene rings is 1. The highest BCUT2D eigenvalue weighted by Gasteiger charge is 2.36. The molecule has 21 heavy (non-hydrogen) atoms. The van der Waals surface area contributed by atoms with E-state index in [2.05, 4.69) is 0 Å². The molecule has 0 saturated heterocycles. The minimum Gasteiger partial charge on any atom is -0.315 e. The molecule has 0 unspecified atom stereocenters. The Bertz CT molecular complexity index is 759. The van der Waals surface area contributed by atoms with Crippen LogP contribution in [0.15, 0.2) is 29.1 Å². The van der Waals surface area contributed by atoms with E-state index in [1.165, 1.54) is 26.1 Å². The number of pyridine rings is 1. The molecule has 0 aliphatic heterocycles.